The maximum Gasteiger partial charge on any atom is 0.264 e. The molecule has 0 radical (unpaired) electrons. The molecule has 4 aromatic heterocycles. The SMILES string of the molecule is COc1ccc2c(c1)C(C)(C)C(/C=C/C1=C(Oc3ccc(C(=O)NCCOCCOCCOc4cc(CN(Cc5ccccn5)Cc5ccccn5)cc(N(Cc5ccccn5)Cc5ccccn5)c4)cc3)C(=C/C=C3/N(CCCCS(=O)(=O)[O-])c4ccc(OC)cc4C3(C)C)/CCC1)=[N+]2CCCCS(=O)(=O)O. The maximum atomic E-state index is 13.7. The number of rotatable bonds is 39. The molecule has 2 N–H and O–H groups in total. The van der Waals surface area contributed by atoms with Crippen LogP contribution in [0.1, 0.15) is 122 Å². The van der Waals surface area contributed by atoms with Gasteiger partial charge in [-0.15, -0.1) is 0 Å². The van der Waals surface area contributed by atoms with Crippen molar-refractivity contribution >= 4 is 48.9 Å². The third-order valence-electron chi connectivity index (χ3n) is 19.5. The molecule has 6 heterocycles. The van der Waals surface area contributed by atoms with Gasteiger partial charge in [0.2, 0.25) is 5.69 Å². The van der Waals surface area contributed by atoms with Gasteiger partial charge in [0.15, 0.2) is 5.71 Å². The second-order valence-corrected chi connectivity index (χ2v) is 31.1. The van der Waals surface area contributed by atoms with Gasteiger partial charge in [-0.25, -0.2) is 8.42 Å². The van der Waals surface area contributed by atoms with Gasteiger partial charge >= 0.3 is 0 Å². The molecule has 22 nitrogen and oxygen atoms in total. The van der Waals surface area contributed by atoms with E-state index in [9.17, 15) is 30.7 Å². The number of fused-ring (bicyclic) bond motifs is 2. The smallest absolute Gasteiger partial charge is 0.264 e. The van der Waals surface area contributed by atoms with E-state index in [1.54, 1.807) is 38.5 Å². The van der Waals surface area contributed by atoms with Crippen molar-refractivity contribution in [2.75, 3.05) is 88.2 Å². The van der Waals surface area contributed by atoms with Crippen LogP contribution in [0.5, 0.6) is 23.0 Å². The Kier molecular flexibility index (Phi) is 27.3. The minimum Gasteiger partial charge on any atom is -0.748 e. The highest BCUT2D eigenvalue weighted by Gasteiger charge is 2.45. The van der Waals surface area contributed by atoms with Crippen molar-refractivity contribution in [3.8, 4) is 23.0 Å². The number of anilines is 2. The van der Waals surface area contributed by atoms with Crippen LogP contribution in [0.15, 0.2) is 223 Å². The van der Waals surface area contributed by atoms with Gasteiger partial charge in [0, 0.05) is 122 Å². The Labute approximate surface area is 635 Å². The normalized spacial score (nSPS) is 15.5. The fourth-order valence-corrected chi connectivity index (χ4v) is 15.1. The summed E-state index contributed by atoms with van der Waals surface area (Å²) in [6, 6.07) is 49.1. The summed E-state index contributed by atoms with van der Waals surface area (Å²) in [6.45, 7) is 14.2. The molecular weight excluding hydrogens is 1410 g/mol. The number of amides is 1. The first-order valence-electron chi connectivity index (χ1n) is 36.7. The summed E-state index contributed by atoms with van der Waals surface area (Å²) >= 11 is 0. The Bertz CT molecular complexity index is 4670. The monoisotopic (exact) mass is 1500 g/mol. The van der Waals surface area contributed by atoms with Gasteiger partial charge in [-0.1, -0.05) is 44.2 Å². The third-order valence-corrected chi connectivity index (χ3v) is 21.1. The van der Waals surface area contributed by atoms with Crippen LogP contribution in [-0.4, -0.2) is 145 Å². The number of carbonyl (C=O) groups excluding carboxylic acids is 1. The maximum absolute atomic E-state index is 13.7. The molecule has 0 atom stereocenters. The van der Waals surface area contributed by atoms with E-state index in [0.29, 0.717) is 126 Å². The largest absolute Gasteiger partial charge is 0.748 e. The first kappa shape index (κ1) is 79.1. The van der Waals surface area contributed by atoms with Crippen LogP contribution in [0.3, 0.4) is 0 Å². The number of unbranched alkanes of at least 4 members (excludes halogenated alkanes) is 2. The molecule has 0 fully saturated rings. The molecule has 0 saturated carbocycles. The summed E-state index contributed by atoms with van der Waals surface area (Å²) in [6.07, 6.45) is 19.3. The number of benzene rings is 4. The highest BCUT2D eigenvalue weighted by Crippen LogP contribution is 2.50. The average Bonchev–Trinajstić information content (AvgIpc) is 1.59. The molecule has 1 aliphatic carbocycles. The Morgan fingerprint density at radius 2 is 1.20 bits per heavy atom. The lowest BCUT2D eigenvalue weighted by atomic mass is 9.81. The zero-order valence-corrected chi connectivity index (χ0v) is 64.0. The lowest BCUT2D eigenvalue weighted by Gasteiger charge is -2.27. The zero-order chi connectivity index (χ0) is 76.1. The Hall–Kier alpha value is -9.92. The Morgan fingerprint density at radius 1 is 0.611 bits per heavy atom. The number of allylic oxidation sites excluding steroid dienone is 7. The van der Waals surface area contributed by atoms with E-state index in [1.165, 1.54) is 0 Å². The van der Waals surface area contributed by atoms with Crippen molar-refractivity contribution in [1.29, 1.82) is 0 Å². The van der Waals surface area contributed by atoms with Crippen LogP contribution in [0.2, 0.25) is 0 Å². The van der Waals surface area contributed by atoms with Crippen molar-refractivity contribution in [2.45, 2.75) is 116 Å². The topological polar surface area (TPSA) is 260 Å². The predicted molar refractivity (Wildman–Crippen MR) is 418 cm³/mol. The van der Waals surface area contributed by atoms with Crippen LogP contribution < -0.4 is 34.1 Å². The van der Waals surface area contributed by atoms with Crippen molar-refractivity contribution in [1.82, 2.24) is 30.2 Å². The lowest BCUT2D eigenvalue weighted by molar-refractivity contribution is -0.438. The number of methoxy groups -OCH3 is 2. The highest BCUT2D eigenvalue weighted by atomic mass is 32.2. The fourth-order valence-electron chi connectivity index (χ4n) is 14.0. The predicted octanol–water partition coefficient (Wildman–Crippen LogP) is 13.6. The molecule has 24 heteroatoms. The van der Waals surface area contributed by atoms with Crippen LogP contribution >= 0.6 is 0 Å². The van der Waals surface area contributed by atoms with E-state index < -0.39 is 36.8 Å². The first-order chi connectivity index (χ1) is 52.1. The van der Waals surface area contributed by atoms with E-state index in [-0.39, 0.29) is 44.3 Å². The van der Waals surface area contributed by atoms with Gasteiger partial charge in [-0.3, -0.25) is 34.2 Å². The van der Waals surface area contributed by atoms with Crippen molar-refractivity contribution < 1.29 is 63.7 Å². The quantitative estimate of drug-likeness (QED) is 0.0206. The number of hydrogen-bond donors (Lipinski definition) is 2. The molecule has 108 heavy (non-hydrogen) atoms. The summed E-state index contributed by atoms with van der Waals surface area (Å²) < 4.78 is 107. The Morgan fingerprint density at radius 3 is 1.81 bits per heavy atom. The van der Waals surface area contributed by atoms with Crippen molar-refractivity contribution in [3.63, 3.8) is 0 Å². The number of ether oxygens (including phenoxy) is 6. The minimum absolute atomic E-state index is 0.216. The minimum atomic E-state index is -4.39. The number of nitrogens with one attached hydrogen (secondary N) is 1. The summed E-state index contributed by atoms with van der Waals surface area (Å²) in [5, 5.41) is 2.98. The third kappa shape index (κ3) is 21.9. The van der Waals surface area contributed by atoms with Crippen LogP contribution in [0.25, 0.3) is 0 Å². The summed E-state index contributed by atoms with van der Waals surface area (Å²) in [5.41, 5.74) is 13.0. The van der Waals surface area contributed by atoms with Crippen LogP contribution in [0, 0.1) is 0 Å². The molecule has 0 spiro atoms. The number of carbonyl (C=O) groups is 1. The molecule has 11 rings (SSSR count). The van der Waals surface area contributed by atoms with E-state index in [0.717, 1.165) is 85.5 Å². The van der Waals surface area contributed by atoms with Gasteiger partial charge in [0.1, 0.15) is 41.9 Å². The molecule has 1 amide bonds. The summed E-state index contributed by atoms with van der Waals surface area (Å²) in [4.78, 5) is 39.1. The number of pyridine rings is 4. The number of hydrogen-bond acceptors (Lipinski definition) is 19. The van der Waals surface area contributed by atoms with Crippen molar-refractivity contribution in [3.05, 3.63) is 268 Å². The standard InChI is InChI=1S/C84H97N9O13S2/c1-83(2)75-55-72(101-5)32-34-77(75)92(43-15-17-50-107(95,96)97)79(83)36-28-63-20-19-21-64(29-37-80-84(3,4)76-56-73(102-6)33-35-78(76)93(80)44-16-18-51-108(98,99)100)81(63)106-71-30-26-65(27-31-71)82(94)89-42-45-103-46-47-104-48-49-105-74-53-62(57-90(58-66-22-7-11-38-85-66)59-67-23-8-12-39-86-67)52-70(54-74)91(60-68-24-9-13-40-87-68)61-69-25-10-14-41-88-69/h7-14,22-41,52-56H,15-21,42-51,57-61H2,1-6H3,(H2-,89,94,95,96,97,98,99,100). The molecular formula is C84H97N9O13S2. The first-order valence-corrected chi connectivity index (χ1v) is 39.9. The molecule has 0 unspecified atom stereocenters. The average molecular weight is 1500 g/mol. The number of nitrogens with zero attached hydrogens (tertiary/aromatic N) is 8. The zero-order valence-electron chi connectivity index (χ0n) is 62.3. The molecule has 2 aliphatic heterocycles. The van der Waals surface area contributed by atoms with E-state index >= 15 is 0 Å². The second kappa shape index (κ2) is 37.3. The number of aromatic nitrogens is 4. The second-order valence-electron chi connectivity index (χ2n) is 28.0. The van der Waals surface area contributed by atoms with Crippen LogP contribution in [0.4, 0.5) is 17.1 Å². The van der Waals surface area contributed by atoms with Gasteiger partial charge in [0.05, 0.1) is 97.8 Å². The van der Waals surface area contributed by atoms with E-state index in [1.807, 2.05) is 134 Å². The van der Waals surface area contributed by atoms with Crippen LogP contribution in [-0.2, 0) is 73.3 Å². The summed E-state index contributed by atoms with van der Waals surface area (Å²) in [5.74, 6) is 2.22. The molecule has 0 bridgehead atoms. The molecule has 4 aromatic carbocycles. The molecule has 0 saturated heterocycles. The van der Waals surface area contributed by atoms with E-state index in [2.05, 4.69) is 115 Å². The molecule has 8 aromatic rings. The van der Waals surface area contributed by atoms with Gasteiger partial charge in [0.25, 0.3) is 16.0 Å². The lowest BCUT2D eigenvalue weighted by Crippen LogP contribution is -2.28. The highest BCUT2D eigenvalue weighted by molar-refractivity contribution is 7.85. The van der Waals surface area contributed by atoms with Gasteiger partial charge in [-0.05, 0) is 202 Å². The molecule has 568 valence electrons. The van der Waals surface area contributed by atoms with Crippen molar-refractivity contribution in [2.24, 2.45) is 0 Å². The fraction of sp³-hybridized carbons (Fsp3) is 0.357. The van der Waals surface area contributed by atoms with E-state index in [4.69, 9.17) is 28.4 Å². The summed E-state index contributed by atoms with van der Waals surface area (Å²) in [7, 11) is -5.26. The van der Waals surface area contributed by atoms with Gasteiger partial charge < -0.3 is 48.1 Å². The van der Waals surface area contributed by atoms with Gasteiger partial charge in [-0.2, -0.15) is 13.0 Å². The molecule has 3 aliphatic rings. The Balaban J connectivity index is 0.753.